The van der Waals surface area contributed by atoms with Gasteiger partial charge in [0.05, 0.1) is 5.69 Å². The molecule has 0 radical (unpaired) electrons. The summed E-state index contributed by atoms with van der Waals surface area (Å²) in [5.41, 5.74) is 3.82. The van der Waals surface area contributed by atoms with Crippen LogP contribution in [-0.4, -0.2) is 36.6 Å². The molecule has 1 fully saturated rings. The maximum atomic E-state index is 5.01. The number of nitrogens with zero attached hydrogens (tertiary/aromatic N) is 4. The second-order valence-corrected chi connectivity index (χ2v) is 7.09. The molecule has 0 bridgehead atoms. The van der Waals surface area contributed by atoms with Crippen molar-refractivity contribution in [2.45, 2.75) is 38.8 Å². The lowest BCUT2D eigenvalue weighted by Gasteiger charge is -2.32. The number of hydrogen-bond acceptors (Lipinski definition) is 5. The summed E-state index contributed by atoms with van der Waals surface area (Å²) >= 11 is 0. The normalized spacial score (nSPS) is 17.2. The van der Waals surface area contributed by atoms with Crippen LogP contribution in [0.2, 0.25) is 0 Å². The number of hydrogen-bond donors (Lipinski definition) is 1. The summed E-state index contributed by atoms with van der Waals surface area (Å²) in [5.74, 6) is 2.01. The van der Waals surface area contributed by atoms with Crippen molar-refractivity contribution in [3.05, 3.63) is 47.2 Å². The van der Waals surface area contributed by atoms with Crippen LogP contribution in [0, 0.1) is 0 Å². The molecule has 25 heavy (non-hydrogen) atoms. The highest BCUT2D eigenvalue weighted by Gasteiger charge is 2.23. The van der Waals surface area contributed by atoms with Gasteiger partial charge >= 0.3 is 0 Å². The monoisotopic (exact) mass is 337 g/mol. The molecule has 0 atom stereocenters. The Kier molecular flexibility index (Phi) is 4.83. The minimum Gasteiger partial charge on any atom is -0.356 e. The van der Waals surface area contributed by atoms with Gasteiger partial charge in [-0.25, -0.2) is 4.98 Å². The Morgan fingerprint density at radius 3 is 2.68 bits per heavy atom. The van der Waals surface area contributed by atoms with E-state index in [1.807, 2.05) is 0 Å². The van der Waals surface area contributed by atoms with Crippen molar-refractivity contribution in [1.29, 1.82) is 0 Å². The molecular weight excluding hydrogens is 310 g/mol. The van der Waals surface area contributed by atoms with Crippen molar-refractivity contribution in [2.75, 3.05) is 36.5 Å². The highest BCUT2D eigenvalue weighted by molar-refractivity contribution is 5.54. The van der Waals surface area contributed by atoms with E-state index in [1.54, 1.807) is 0 Å². The number of anilines is 2. The van der Waals surface area contributed by atoms with E-state index in [-0.39, 0.29) is 0 Å². The van der Waals surface area contributed by atoms with Gasteiger partial charge in [0.1, 0.15) is 5.82 Å². The van der Waals surface area contributed by atoms with E-state index in [2.05, 4.69) is 52.5 Å². The van der Waals surface area contributed by atoms with Crippen LogP contribution >= 0.6 is 0 Å². The molecule has 0 amide bonds. The average Bonchev–Trinajstić information content (AvgIpc) is 2.68. The first kappa shape index (κ1) is 16.3. The van der Waals surface area contributed by atoms with Crippen LogP contribution in [0.5, 0.6) is 0 Å². The molecule has 5 nitrogen and oxygen atoms in total. The first-order valence-electron chi connectivity index (χ1n) is 9.42. The first-order chi connectivity index (χ1) is 12.3. The van der Waals surface area contributed by atoms with Crippen molar-refractivity contribution < 1.29 is 0 Å². The van der Waals surface area contributed by atoms with E-state index in [9.17, 15) is 0 Å². The van der Waals surface area contributed by atoms with Crippen molar-refractivity contribution in [3.63, 3.8) is 0 Å². The fourth-order valence-corrected chi connectivity index (χ4v) is 3.78. The molecule has 0 unspecified atom stereocenters. The summed E-state index contributed by atoms with van der Waals surface area (Å²) < 4.78 is 0. The number of rotatable bonds is 4. The quantitative estimate of drug-likeness (QED) is 0.929. The highest BCUT2D eigenvalue weighted by atomic mass is 15.3. The standard InChI is InChI=1S/C20H27N5/c1-24(15-16-8-4-2-5-9-16)20-22-18-10-11-21-14-17(18)19(23-20)25-12-6-3-7-13-25/h2,4-5,8-9,21H,3,6-7,10-15H2,1H3. The molecule has 5 heteroatoms. The lowest BCUT2D eigenvalue weighted by atomic mass is 10.1. The van der Waals surface area contributed by atoms with E-state index >= 15 is 0 Å². The largest absolute Gasteiger partial charge is 0.356 e. The second kappa shape index (κ2) is 7.40. The first-order valence-corrected chi connectivity index (χ1v) is 9.42. The zero-order valence-corrected chi connectivity index (χ0v) is 15.0. The Morgan fingerprint density at radius 2 is 1.88 bits per heavy atom. The molecule has 0 aliphatic carbocycles. The SMILES string of the molecule is CN(Cc1ccccc1)c1nc2c(c(N3CCCCC3)n1)CNCC2. The Hall–Kier alpha value is -2.14. The van der Waals surface area contributed by atoms with E-state index in [1.165, 1.54) is 36.1 Å². The summed E-state index contributed by atoms with van der Waals surface area (Å²) in [7, 11) is 2.09. The molecule has 4 rings (SSSR count). The minimum atomic E-state index is 0.831. The summed E-state index contributed by atoms with van der Waals surface area (Å²) in [6, 6.07) is 10.5. The third-order valence-electron chi connectivity index (χ3n) is 5.16. The van der Waals surface area contributed by atoms with Gasteiger partial charge in [-0.1, -0.05) is 30.3 Å². The number of piperidine rings is 1. The lowest BCUT2D eigenvalue weighted by molar-refractivity contribution is 0.561. The molecule has 1 aromatic heterocycles. The topological polar surface area (TPSA) is 44.3 Å². The highest BCUT2D eigenvalue weighted by Crippen LogP contribution is 2.28. The molecule has 0 spiro atoms. The molecule has 132 valence electrons. The van der Waals surface area contributed by atoms with Crippen LogP contribution in [0.3, 0.4) is 0 Å². The van der Waals surface area contributed by atoms with E-state index < -0.39 is 0 Å². The molecule has 3 heterocycles. The molecular formula is C20H27N5. The van der Waals surface area contributed by atoms with Gasteiger partial charge in [-0.15, -0.1) is 0 Å². The van der Waals surface area contributed by atoms with Crippen LogP contribution in [-0.2, 0) is 19.5 Å². The van der Waals surface area contributed by atoms with Gasteiger partial charge in [0, 0.05) is 51.8 Å². The van der Waals surface area contributed by atoms with Crippen LogP contribution < -0.4 is 15.1 Å². The Morgan fingerprint density at radius 1 is 1.08 bits per heavy atom. The third kappa shape index (κ3) is 3.61. The molecule has 1 N–H and O–H groups in total. The predicted molar refractivity (Wildman–Crippen MR) is 102 cm³/mol. The Balaban J connectivity index is 1.65. The molecule has 1 aromatic carbocycles. The number of nitrogens with one attached hydrogen (secondary N) is 1. The number of fused-ring (bicyclic) bond motifs is 1. The summed E-state index contributed by atoms with van der Waals surface area (Å²) in [4.78, 5) is 14.6. The van der Waals surface area contributed by atoms with Gasteiger partial charge in [0.25, 0.3) is 0 Å². The minimum absolute atomic E-state index is 0.831. The summed E-state index contributed by atoms with van der Waals surface area (Å²) in [6.45, 7) is 4.96. The van der Waals surface area contributed by atoms with E-state index in [0.29, 0.717) is 0 Å². The van der Waals surface area contributed by atoms with Gasteiger partial charge in [0.2, 0.25) is 5.95 Å². The molecule has 2 aromatic rings. The lowest BCUT2D eigenvalue weighted by Crippen LogP contribution is -2.35. The van der Waals surface area contributed by atoms with E-state index in [4.69, 9.17) is 9.97 Å². The Bertz CT molecular complexity index is 710. The van der Waals surface area contributed by atoms with Gasteiger partial charge in [-0.3, -0.25) is 0 Å². The maximum absolute atomic E-state index is 5.01. The van der Waals surface area contributed by atoms with Crippen molar-refractivity contribution in [2.24, 2.45) is 0 Å². The predicted octanol–water partition coefficient (Wildman–Crippen LogP) is 2.75. The van der Waals surface area contributed by atoms with Crippen LogP contribution in [0.25, 0.3) is 0 Å². The van der Waals surface area contributed by atoms with Gasteiger partial charge in [-0.05, 0) is 24.8 Å². The molecule has 2 aliphatic rings. The molecule has 2 aliphatic heterocycles. The van der Waals surface area contributed by atoms with Crippen LogP contribution in [0.15, 0.2) is 30.3 Å². The van der Waals surface area contributed by atoms with Crippen molar-refractivity contribution in [3.8, 4) is 0 Å². The van der Waals surface area contributed by atoms with Gasteiger partial charge in [-0.2, -0.15) is 4.98 Å². The maximum Gasteiger partial charge on any atom is 0.227 e. The molecule has 1 saturated heterocycles. The van der Waals surface area contributed by atoms with Gasteiger partial charge in [0.15, 0.2) is 0 Å². The zero-order valence-electron chi connectivity index (χ0n) is 15.0. The second-order valence-electron chi connectivity index (χ2n) is 7.09. The summed E-state index contributed by atoms with van der Waals surface area (Å²) in [6.07, 6.45) is 4.86. The van der Waals surface area contributed by atoms with Crippen LogP contribution in [0.1, 0.15) is 36.1 Å². The fourth-order valence-electron chi connectivity index (χ4n) is 3.78. The summed E-state index contributed by atoms with van der Waals surface area (Å²) in [5, 5.41) is 3.49. The van der Waals surface area contributed by atoms with E-state index in [0.717, 1.165) is 50.9 Å². The fraction of sp³-hybridized carbons (Fsp3) is 0.500. The van der Waals surface area contributed by atoms with Crippen molar-refractivity contribution >= 4 is 11.8 Å². The zero-order chi connectivity index (χ0) is 17.1. The molecule has 0 saturated carbocycles. The smallest absolute Gasteiger partial charge is 0.227 e. The third-order valence-corrected chi connectivity index (χ3v) is 5.16. The number of aromatic nitrogens is 2. The number of benzene rings is 1. The van der Waals surface area contributed by atoms with Crippen molar-refractivity contribution in [1.82, 2.24) is 15.3 Å². The Labute approximate surface area is 150 Å². The van der Waals surface area contributed by atoms with Gasteiger partial charge < -0.3 is 15.1 Å². The van der Waals surface area contributed by atoms with Crippen LogP contribution in [0.4, 0.5) is 11.8 Å². The average molecular weight is 337 g/mol.